The molecular weight excluding hydrogens is 190 g/mol. The fourth-order valence-electron chi connectivity index (χ4n) is 0.752. The molecule has 76 valence electrons. The van der Waals surface area contributed by atoms with Crippen LogP contribution in [-0.4, -0.2) is 33.4 Å². The summed E-state index contributed by atoms with van der Waals surface area (Å²) in [6.45, 7) is -0.572. The fraction of sp³-hybridized carbons (Fsp3) is 0.286. The van der Waals surface area contributed by atoms with Crippen LogP contribution in [-0.2, 0) is 21.0 Å². The minimum Gasteiger partial charge on any atom is -0.479 e. The number of nitrogens with one attached hydrogen (secondary N) is 1. The van der Waals surface area contributed by atoms with Crippen LogP contribution >= 0.6 is 0 Å². The first-order valence-corrected chi connectivity index (χ1v) is 3.78. The average molecular weight is 199 g/mol. The number of carbonyl (C=O) groups is 2. The molecule has 0 aromatic carbocycles. The van der Waals surface area contributed by atoms with E-state index in [1.807, 2.05) is 5.48 Å². The number of hydrogen-bond donors (Lipinski definition) is 2. The summed E-state index contributed by atoms with van der Waals surface area (Å²) >= 11 is 0. The number of aliphatic carboxylic acids is 1. The molecule has 0 aliphatic carbocycles. The topological polar surface area (TPSA) is 93.5 Å². The third-order valence-corrected chi connectivity index (χ3v) is 1.25. The zero-order valence-electron chi connectivity index (χ0n) is 7.21. The van der Waals surface area contributed by atoms with Crippen molar-refractivity contribution in [1.29, 1.82) is 0 Å². The zero-order valence-corrected chi connectivity index (χ0v) is 7.21. The highest BCUT2D eigenvalue weighted by Gasteiger charge is 2.03. The minimum atomic E-state index is -1.15. The quantitative estimate of drug-likeness (QED) is 0.594. The lowest BCUT2D eigenvalue weighted by Gasteiger charge is -2.03. The maximum absolute atomic E-state index is 11.0. The molecule has 0 saturated carbocycles. The van der Waals surface area contributed by atoms with E-state index >= 15 is 0 Å². The van der Waals surface area contributed by atoms with E-state index in [4.69, 9.17) is 5.11 Å². The van der Waals surface area contributed by atoms with Crippen LogP contribution < -0.4 is 5.48 Å². The molecule has 7 heteroatoms. The molecule has 0 aliphatic rings. The van der Waals surface area contributed by atoms with Gasteiger partial charge in [0.2, 0.25) is 0 Å². The SMILES string of the molecule is O=C(O)CONC(=O)Cn1cccn1. The molecule has 0 unspecified atom stereocenters. The molecule has 0 spiro atoms. The number of carboxylic acids is 1. The van der Waals surface area contributed by atoms with Gasteiger partial charge in [0.05, 0.1) is 0 Å². The molecule has 1 heterocycles. The van der Waals surface area contributed by atoms with E-state index in [-0.39, 0.29) is 6.54 Å². The number of aromatic nitrogens is 2. The fourth-order valence-corrected chi connectivity index (χ4v) is 0.752. The summed E-state index contributed by atoms with van der Waals surface area (Å²) in [6, 6.07) is 1.67. The zero-order chi connectivity index (χ0) is 10.4. The van der Waals surface area contributed by atoms with E-state index in [2.05, 4.69) is 9.94 Å². The Morgan fingerprint density at radius 1 is 1.57 bits per heavy atom. The van der Waals surface area contributed by atoms with Crippen molar-refractivity contribution in [3.05, 3.63) is 18.5 Å². The summed E-state index contributed by atoms with van der Waals surface area (Å²) in [7, 11) is 0. The highest BCUT2D eigenvalue weighted by atomic mass is 16.7. The van der Waals surface area contributed by atoms with Gasteiger partial charge in [0, 0.05) is 12.4 Å². The molecule has 0 aliphatic heterocycles. The maximum Gasteiger partial charge on any atom is 0.332 e. The van der Waals surface area contributed by atoms with Gasteiger partial charge in [0.25, 0.3) is 5.91 Å². The summed E-state index contributed by atoms with van der Waals surface area (Å²) in [4.78, 5) is 25.4. The Hall–Kier alpha value is -1.89. The molecule has 0 saturated heterocycles. The van der Waals surface area contributed by atoms with Crippen LogP contribution in [0.1, 0.15) is 0 Å². The van der Waals surface area contributed by atoms with Gasteiger partial charge in [0.15, 0.2) is 6.61 Å². The van der Waals surface area contributed by atoms with E-state index in [9.17, 15) is 9.59 Å². The predicted molar refractivity (Wildman–Crippen MR) is 44.0 cm³/mol. The molecule has 7 nitrogen and oxygen atoms in total. The van der Waals surface area contributed by atoms with Crippen molar-refractivity contribution >= 4 is 11.9 Å². The van der Waals surface area contributed by atoms with Crippen LogP contribution in [0, 0.1) is 0 Å². The van der Waals surface area contributed by atoms with Crippen LogP contribution in [0.3, 0.4) is 0 Å². The maximum atomic E-state index is 11.0. The standard InChI is InChI=1S/C7H9N3O4/c11-6(9-14-5-7(12)13)4-10-3-1-2-8-10/h1-3H,4-5H2,(H,9,11)(H,12,13). The van der Waals surface area contributed by atoms with Crippen molar-refractivity contribution in [3.63, 3.8) is 0 Å². The number of amides is 1. The molecule has 1 aromatic rings. The normalized spacial score (nSPS) is 9.71. The van der Waals surface area contributed by atoms with Gasteiger partial charge >= 0.3 is 5.97 Å². The molecule has 2 N–H and O–H groups in total. The second-order valence-electron chi connectivity index (χ2n) is 2.41. The number of nitrogens with zero attached hydrogens (tertiary/aromatic N) is 2. The Labute approximate surface area is 79.2 Å². The van der Waals surface area contributed by atoms with Gasteiger partial charge in [-0.15, -0.1) is 0 Å². The Kier molecular flexibility index (Phi) is 3.62. The van der Waals surface area contributed by atoms with Gasteiger partial charge in [0.1, 0.15) is 6.54 Å². The lowest BCUT2D eigenvalue weighted by atomic mass is 10.6. The first-order chi connectivity index (χ1) is 6.68. The lowest BCUT2D eigenvalue weighted by molar-refractivity contribution is -0.149. The number of rotatable bonds is 5. The largest absolute Gasteiger partial charge is 0.479 e. The summed E-state index contributed by atoms with van der Waals surface area (Å²) < 4.78 is 1.39. The van der Waals surface area contributed by atoms with Gasteiger partial charge < -0.3 is 5.11 Å². The van der Waals surface area contributed by atoms with Gasteiger partial charge in [-0.3, -0.25) is 14.3 Å². The van der Waals surface area contributed by atoms with Crippen molar-refractivity contribution in [2.75, 3.05) is 6.61 Å². The Morgan fingerprint density at radius 2 is 2.36 bits per heavy atom. The van der Waals surface area contributed by atoms with Crippen molar-refractivity contribution in [2.45, 2.75) is 6.54 Å². The summed E-state index contributed by atoms with van der Waals surface area (Å²) in [5.41, 5.74) is 1.97. The summed E-state index contributed by atoms with van der Waals surface area (Å²) in [5.74, 6) is -1.61. The number of hydroxylamine groups is 1. The molecular formula is C7H9N3O4. The van der Waals surface area contributed by atoms with Crippen molar-refractivity contribution in [1.82, 2.24) is 15.3 Å². The van der Waals surface area contributed by atoms with Crippen LogP contribution in [0.4, 0.5) is 0 Å². The van der Waals surface area contributed by atoms with Crippen molar-refractivity contribution in [2.24, 2.45) is 0 Å². The van der Waals surface area contributed by atoms with Gasteiger partial charge in [-0.05, 0) is 6.07 Å². The van der Waals surface area contributed by atoms with E-state index in [0.29, 0.717) is 0 Å². The average Bonchev–Trinajstić information content (AvgIpc) is 2.56. The van der Waals surface area contributed by atoms with Gasteiger partial charge in [-0.25, -0.2) is 10.3 Å². The first kappa shape index (κ1) is 10.2. The summed E-state index contributed by atoms with van der Waals surface area (Å²) in [5, 5.41) is 12.0. The second kappa shape index (κ2) is 4.97. The van der Waals surface area contributed by atoms with E-state index in [1.54, 1.807) is 12.3 Å². The third-order valence-electron chi connectivity index (χ3n) is 1.25. The van der Waals surface area contributed by atoms with Crippen LogP contribution in [0.15, 0.2) is 18.5 Å². The van der Waals surface area contributed by atoms with Crippen LogP contribution in [0.2, 0.25) is 0 Å². The van der Waals surface area contributed by atoms with E-state index in [1.165, 1.54) is 10.9 Å². The third kappa shape index (κ3) is 3.68. The Bertz CT molecular complexity index is 309. The summed E-state index contributed by atoms with van der Waals surface area (Å²) in [6.07, 6.45) is 3.14. The monoisotopic (exact) mass is 199 g/mol. The van der Waals surface area contributed by atoms with E-state index < -0.39 is 18.5 Å². The highest BCUT2D eigenvalue weighted by Crippen LogP contribution is 1.83. The van der Waals surface area contributed by atoms with Gasteiger partial charge in [-0.2, -0.15) is 5.10 Å². The molecule has 0 radical (unpaired) electrons. The highest BCUT2D eigenvalue weighted by molar-refractivity contribution is 5.75. The molecule has 1 aromatic heterocycles. The number of carbonyl (C=O) groups excluding carboxylic acids is 1. The molecule has 14 heavy (non-hydrogen) atoms. The van der Waals surface area contributed by atoms with Crippen molar-refractivity contribution in [3.8, 4) is 0 Å². The first-order valence-electron chi connectivity index (χ1n) is 3.78. The molecule has 1 amide bonds. The second-order valence-corrected chi connectivity index (χ2v) is 2.41. The number of carboxylic acid groups (broad SMARTS) is 1. The van der Waals surface area contributed by atoms with Crippen LogP contribution in [0.25, 0.3) is 0 Å². The lowest BCUT2D eigenvalue weighted by Crippen LogP contribution is -2.29. The predicted octanol–water partition coefficient (Wildman–Crippen LogP) is -0.984. The smallest absolute Gasteiger partial charge is 0.332 e. The Balaban J connectivity index is 2.20. The number of hydrogen-bond acceptors (Lipinski definition) is 4. The molecule has 0 atom stereocenters. The molecule has 0 fully saturated rings. The molecule has 0 bridgehead atoms. The molecule has 1 rings (SSSR count). The van der Waals surface area contributed by atoms with E-state index in [0.717, 1.165) is 0 Å². The minimum absolute atomic E-state index is 0.00732. The van der Waals surface area contributed by atoms with Gasteiger partial charge in [-0.1, -0.05) is 0 Å². The Morgan fingerprint density at radius 3 is 2.93 bits per heavy atom. The van der Waals surface area contributed by atoms with Crippen molar-refractivity contribution < 1.29 is 19.5 Å². The van der Waals surface area contributed by atoms with Crippen LogP contribution in [0.5, 0.6) is 0 Å².